The second-order valence-electron chi connectivity index (χ2n) is 13.7. The second kappa shape index (κ2) is 14.1. The Hall–Kier alpha value is -4.77. The molecule has 1 aliphatic heterocycles. The lowest BCUT2D eigenvalue weighted by Gasteiger charge is -2.39. The monoisotopic (exact) mass is 660 g/mol. The van der Waals surface area contributed by atoms with Gasteiger partial charge in [0, 0.05) is 24.9 Å². The highest BCUT2D eigenvalue weighted by Gasteiger charge is 2.38. The fourth-order valence-corrected chi connectivity index (χ4v) is 5.57. The van der Waals surface area contributed by atoms with E-state index in [9.17, 15) is 23.5 Å². The van der Waals surface area contributed by atoms with Crippen LogP contribution >= 0.6 is 0 Å². The first-order valence-electron chi connectivity index (χ1n) is 16.0. The van der Waals surface area contributed by atoms with Crippen LogP contribution in [-0.4, -0.2) is 63.0 Å². The fraction of sp³-hybridized carbons (Fsp3) is 0.378. The molecule has 1 saturated heterocycles. The number of carbonyl (C=O) groups is 2. The van der Waals surface area contributed by atoms with Crippen molar-refractivity contribution in [3.8, 4) is 17.0 Å². The number of likely N-dealkylation sites (tertiary alicyclic amines) is 1. The third-order valence-corrected chi connectivity index (χ3v) is 8.20. The molecular weight excluding hydrogens is 618 g/mol. The van der Waals surface area contributed by atoms with Crippen LogP contribution in [0.2, 0.25) is 0 Å². The molecule has 0 bridgehead atoms. The molecule has 1 aliphatic rings. The zero-order valence-electron chi connectivity index (χ0n) is 27.9. The number of carbonyl (C=O) groups excluding carboxylic acids is 2. The molecule has 0 unspecified atom stereocenters. The van der Waals surface area contributed by atoms with E-state index in [2.05, 4.69) is 5.32 Å². The van der Waals surface area contributed by atoms with Crippen LogP contribution in [0, 0.1) is 17.0 Å². The summed E-state index contributed by atoms with van der Waals surface area (Å²) in [6.07, 6.45) is 1.20. The maximum absolute atomic E-state index is 15.0. The first-order chi connectivity index (χ1) is 22.7. The van der Waals surface area contributed by atoms with Crippen molar-refractivity contribution in [3.63, 3.8) is 0 Å². The molecule has 1 fully saturated rings. The van der Waals surface area contributed by atoms with Gasteiger partial charge in [-0.2, -0.15) is 0 Å². The SMILES string of the molecule is CC(C)(C)OC(=O)N1CC(Oc2ccccc2C(=O)N[C@@H](c2nc(-c3cc(F)ccc3F)cn2Cc2ccccc2)C(C)(C)CCO)C1. The number of rotatable bonds is 11. The van der Waals surface area contributed by atoms with E-state index in [-0.39, 0.29) is 29.5 Å². The van der Waals surface area contributed by atoms with E-state index in [1.54, 1.807) is 51.2 Å². The summed E-state index contributed by atoms with van der Waals surface area (Å²) in [6.45, 7) is 10.0. The summed E-state index contributed by atoms with van der Waals surface area (Å²) in [5.41, 5.74) is 0.0612. The lowest BCUT2D eigenvalue weighted by atomic mass is 9.80. The topological polar surface area (TPSA) is 106 Å². The van der Waals surface area contributed by atoms with Crippen molar-refractivity contribution < 1.29 is 33.0 Å². The van der Waals surface area contributed by atoms with Crippen LogP contribution in [0.4, 0.5) is 13.6 Å². The molecule has 1 aromatic heterocycles. The smallest absolute Gasteiger partial charge is 0.410 e. The van der Waals surface area contributed by atoms with Crippen molar-refractivity contribution in [3.05, 3.63) is 108 Å². The van der Waals surface area contributed by atoms with Crippen LogP contribution in [0.5, 0.6) is 5.75 Å². The van der Waals surface area contributed by atoms with Crippen LogP contribution < -0.4 is 10.1 Å². The van der Waals surface area contributed by atoms with Gasteiger partial charge in [0.2, 0.25) is 0 Å². The molecule has 4 aromatic rings. The van der Waals surface area contributed by atoms with Crippen LogP contribution in [0.3, 0.4) is 0 Å². The molecular formula is C37H42F2N4O5. The van der Waals surface area contributed by atoms with E-state index in [1.807, 2.05) is 48.7 Å². The van der Waals surface area contributed by atoms with E-state index >= 15 is 0 Å². The van der Waals surface area contributed by atoms with Crippen LogP contribution in [0.25, 0.3) is 11.3 Å². The average Bonchev–Trinajstić information content (AvgIpc) is 3.40. The highest BCUT2D eigenvalue weighted by molar-refractivity contribution is 5.97. The minimum Gasteiger partial charge on any atom is -0.486 e. The predicted octanol–water partition coefficient (Wildman–Crippen LogP) is 6.75. The molecule has 11 heteroatoms. The van der Waals surface area contributed by atoms with E-state index < -0.39 is 40.7 Å². The highest BCUT2D eigenvalue weighted by atomic mass is 19.1. The molecule has 3 aromatic carbocycles. The quantitative estimate of drug-likeness (QED) is 0.184. The number of halogens is 2. The Kier molecular flexibility index (Phi) is 10.2. The number of aliphatic hydroxyl groups is 1. The normalized spacial score (nSPS) is 14.3. The van der Waals surface area contributed by atoms with Crippen molar-refractivity contribution in [2.24, 2.45) is 5.41 Å². The molecule has 2 N–H and O–H groups in total. The van der Waals surface area contributed by atoms with Crippen molar-refractivity contribution in [2.45, 2.75) is 65.3 Å². The van der Waals surface area contributed by atoms with Gasteiger partial charge in [0.1, 0.15) is 34.9 Å². The Morgan fingerprint density at radius 3 is 2.38 bits per heavy atom. The summed E-state index contributed by atoms with van der Waals surface area (Å²) < 4.78 is 42.7. The summed E-state index contributed by atoms with van der Waals surface area (Å²) in [4.78, 5) is 32.8. The summed E-state index contributed by atoms with van der Waals surface area (Å²) in [5.74, 6) is -0.923. The zero-order chi connectivity index (χ0) is 34.6. The predicted molar refractivity (Wildman–Crippen MR) is 177 cm³/mol. The average molecular weight is 661 g/mol. The Bertz CT molecular complexity index is 1750. The zero-order valence-corrected chi connectivity index (χ0v) is 27.9. The summed E-state index contributed by atoms with van der Waals surface area (Å²) in [5, 5.41) is 13.1. The number of nitrogens with zero attached hydrogens (tertiary/aromatic N) is 3. The first-order valence-corrected chi connectivity index (χ1v) is 16.0. The van der Waals surface area contributed by atoms with Crippen molar-refractivity contribution in [1.29, 1.82) is 0 Å². The number of nitrogens with one attached hydrogen (secondary N) is 1. The molecule has 254 valence electrons. The summed E-state index contributed by atoms with van der Waals surface area (Å²) >= 11 is 0. The highest BCUT2D eigenvalue weighted by Crippen LogP contribution is 2.38. The number of imidazole rings is 1. The van der Waals surface area contributed by atoms with Crippen LogP contribution in [0.1, 0.15) is 68.8 Å². The van der Waals surface area contributed by atoms with Gasteiger partial charge >= 0.3 is 6.09 Å². The van der Waals surface area contributed by atoms with Gasteiger partial charge in [0.25, 0.3) is 5.91 Å². The van der Waals surface area contributed by atoms with E-state index in [1.165, 1.54) is 4.90 Å². The maximum Gasteiger partial charge on any atom is 0.410 e. The molecule has 0 saturated carbocycles. The van der Waals surface area contributed by atoms with Gasteiger partial charge in [0.05, 0.1) is 30.4 Å². The van der Waals surface area contributed by atoms with Gasteiger partial charge in [-0.05, 0) is 68.5 Å². The maximum atomic E-state index is 15.0. The number of aromatic nitrogens is 2. The van der Waals surface area contributed by atoms with Crippen LogP contribution in [-0.2, 0) is 11.3 Å². The Morgan fingerprint density at radius 1 is 1.00 bits per heavy atom. The molecule has 9 nitrogen and oxygen atoms in total. The Labute approximate surface area is 279 Å². The number of aliphatic hydroxyl groups excluding tert-OH is 1. The van der Waals surface area contributed by atoms with E-state index in [0.29, 0.717) is 37.6 Å². The summed E-state index contributed by atoms with van der Waals surface area (Å²) in [6, 6.07) is 18.8. The van der Waals surface area contributed by atoms with E-state index in [4.69, 9.17) is 14.5 Å². The lowest BCUT2D eigenvalue weighted by Crippen LogP contribution is -2.57. The number of hydrogen-bond donors (Lipinski definition) is 2. The van der Waals surface area contributed by atoms with Gasteiger partial charge in [0.15, 0.2) is 0 Å². The molecule has 48 heavy (non-hydrogen) atoms. The van der Waals surface area contributed by atoms with Crippen molar-refractivity contribution in [2.75, 3.05) is 19.7 Å². The summed E-state index contributed by atoms with van der Waals surface area (Å²) in [7, 11) is 0. The minimum absolute atomic E-state index is 0.00669. The van der Waals surface area contributed by atoms with Crippen LogP contribution in [0.15, 0.2) is 79.0 Å². The van der Waals surface area contributed by atoms with Gasteiger partial charge in [-0.3, -0.25) is 4.79 Å². The van der Waals surface area contributed by atoms with Gasteiger partial charge in [-0.25, -0.2) is 18.6 Å². The molecule has 0 radical (unpaired) electrons. The largest absolute Gasteiger partial charge is 0.486 e. The molecule has 0 spiro atoms. The fourth-order valence-electron chi connectivity index (χ4n) is 5.57. The number of benzene rings is 3. The third-order valence-electron chi connectivity index (χ3n) is 8.20. The lowest BCUT2D eigenvalue weighted by molar-refractivity contribution is -0.0223. The third kappa shape index (κ3) is 8.20. The Morgan fingerprint density at radius 2 is 1.69 bits per heavy atom. The minimum atomic E-state index is -0.773. The first kappa shape index (κ1) is 34.6. The van der Waals surface area contributed by atoms with Gasteiger partial charge in [-0.15, -0.1) is 0 Å². The molecule has 1 atom stereocenters. The number of amides is 2. The number of hydrogen-bond acceptors (Lipinski definition) is 6. The van der Waals surface area contributed by atoms with Crippen molar-refractivity contribution in [1.82, 2.24) is 19.8 Å². The number of ether oxygens (including phenoxy) is 2. The van der Waals surface area contributed by atoms with Crippen molar-refractivity contribution >= 4 is 12.0 Å². The Balaban J connectivity index is 1.46. The number of para-hydroxylation sites is 1. The van der Waals surface area contributed by atoms with E-state index in [0.717, 1.165) is 23.8 Å². The molecule has 0 aliphatic carbocycles. The second-order valence-corrected chi connectivity index (χ2v) is 13.7. The molecule has 2 heterocycles. The molecule has 2 amide bonds. The standard InChI is InChI=1S/C37H42F2N4O5/c1-36(2,3)48-35(46)43-21-26(22-43)47-31-14-10-9-13-27(31)34(45)41-32(37(4,5)17-18-44)33-40-30(28-19-25(38)15-16-29(28)39)23-42(33)20-24-11-7-6-8-12-24/h6-16,19,23,26,32,44H,17-18,20-22H2,1-5H3,(H,41,45)/t32-/m0/s1. The molecule has 5 rings (SSSR count). The van der Waals surface area contributed by atoms with Gasteiger partial charge < -0.3 is 29.4 Å². The van der Waals surface area contributed by atoms with Gasteiger partial charge in [-0.1, -0.05) is 56.3 Å².